The molecule has 0 spiro atoms. The van der Waals surface area contributed by atoms with Gasteiger partial charge in [0.1, 0.15) is 0 Å². The number of aromatic nitrogens is 2. The Kier molecular flexibility index (Phi) is 2.25. The molecule has 0 bridgehead atoms. The number of rotatable bonds is 1. The Labute approximate surface area is 96.6 Å². The monoisotopic (exact) mass is 265 g/mol. The fourth-order valence-electron chi connectivity index (χ4n) is 2.18. The van der Waals surface area contributed by atoms with Crippen LogP contribution in [-0.2, 0) is 0 Å². The molecule has 1 N–H and O–H groups in total. The second-order valence-corrected chi connectivity index (χ2v) is 4.68. The highest BCUT2D eigenvalue weighted by molar-refractivity contribution is 9.10. The van der Waals surface area contributed by atoms with Crippen LogP contribution in [0.1, 0.15) is 17.9 Å². The molecule has 0 aromatic carbocycles. The van der Waals surface area contributed by atoms with Crippen LogP contribution < -0.4 is 5.32 Å². The molecule has 1 unspecified atom stereocenters. The predicted molar refractivity (Wildman–Crippen MR) is 63.1 cm³/mol. The van der Waals surface area contributed by atoms with Gasteiger partial charge in [0.15, 0.2) is 4.73 Å². The van der Waals surface area contributed by atoms with E-state index in [1.54, 1.807) is 0 Å². The molecule has 3 heterocycles. The summed E-state index contributed by atoms with van der Waals surface area (Å²) in [4.78, 5) is 4.23. The van der Waals surface area contributed by atoms with Crippen LogP contribution in [0.2, 0.25) is 0 Å². The number of hydrogen-bond donors (Lipinski definition) is 1. The van der Waals surface area contributed by atoms with Crippen molar-refractivity contribution in [1.82, 2.24) is 14.7 Å². The quantitative estimate of drug-likeness (QED) is 0.857. The average Bonchev–Trinajstić information content (AvgIpc) is 2.88. The van der Waals surface area contributed by atoms with Crippen molar-refractivity contribution in [2.75, 3.05) is 13.1 Å². The third kappa shape index (κ3) is 1.58. The van der Waals surface area contributed by atoms with Gasteiger partial charge in [0, 0.05) is 12.7 Å². The lowest BCUT2D eigenvalue weighted by Gasteiger charge is -2.08. The maximum Gasteiger partial charge on any atom is 0.181 e. The number of pyridine rings is 1. The summed E-state index contributed by atoms with van der Waals surface area (Å²) >= 11 is 3.41. The zero-order valence-corrected chi connectivity index (χ0v) is 9.87. The standard InChI is InChI=1S/C11H12BrN3/c12-11-14-7-10-5-8(2-4-15(10)11)9-1-3-13-6-9/h2,4-5,7,9,13H,1,3,6H2. The minimum Gasteiger partial charge on any atom is -0.316 e. The number of halogens is 1. The summed E-state index contributed by atoms with van der Waals surface area (Å²) in [7, 11) is 0. The molecule has 2 aromatic heterocycles. The maximum absolute atomic E-state index is 4.23. The van der Waals surface area contributed by atoms with E-state index in [0.717, 1.165) is 23.3 Å². The van der Waals surface area contributed by atoms with Crippen LogP contribution in [-0.4, -0.2) is 22.5 Å². The largest absolute Gasteiger partial charge is 0.316 e. The van der Waals surface area contributed by atoms with Crippen LogP contribution in [0, 0.1) is 0 Å². The third-order valence-corrected chi connectivity index (χ3v) is 3.63. The van der Waals surface area contributed by atoms with Crippen molar-refractivity contribution < 1.29 is 0 Å². The number of nitrogens with zero attached hydrogens (tertiary/aromatic N) is 2. The van der Waals surface area contributed by atoms with E-state index >= 15 is 0 Å². The molecule has 0 amide bonds. The summed E-state index contributed by atoms with van der Waals surface area (Å²) in [6.45, 7) is 2.24. The molecule has 1 atom stereocenters. The Morgan fingerprint density at radius 2 is 2.47 bits per heavy atom. The molecular formula is C11H12BrN3. The van der Waals surface area contributed by atoms with E-state index in [0.29, 0.717) is 5.92 Å². The summed E-state index contributed by atoms with van der Waals surface area (Å²) in [5.74, 6) is 0.670. The van der Waals surface area contributed by atoms with Crippen LogP contribution in [0.15, 0.2) is 29.3 Å². The van der Waals surface area contributed by atoms with Gasteiger partial charge >= 0.3 is 0 Å². The van der Waals surface area contributed by atoms with E-state index in [1.165, 1.54) is 12.0 Å². The van der Waals surface area contributed by atoms with Gasteiger partial charge in [-0.15, -0.1) is 0 Å². The van der Waals surface area contributed by atoms with Gasteiger partial charge in [-0.2, -0.15) is 0 Å². The molecule has 1 aliphatic heterocycles. The Morgan fingerprint density at radius 3 is 3.27 bits per heavy atom. The first-order valence-electron chi connectivity index (χ1n) is 5.18. The second-order valence-electron chi connectivity index (χ2n) is 3.97. The molecule has 78 valence electrons. The average molecular weight is 266 g/mol. The summed E-state index contributed by atoms with van der Waals surface area (Å²) in [6.07, 6.45) is 5.22. The minimum atomic E-state index is 0.670. The van der Waals surface area contributed by atoms with E-state index in [9.17, 15) is 0 Å². The van der Waals surface area contributed by atoms with Crippen molar-refractivity contribution >= 4 is 21.4 Å². The van der Waals surface area contributed by atoms with Crippen LogP contribution >= 0.6 is 15.9 Å². The Balaban J connectivity index is 2.05. The summed E-state index contributed by atoms with van der Waals surface area (Å²) in [6, 6.07) is 4.42. The fourth-order valence-corrected chi connectivity index (χ4v) is 2.60. The number of nitrogens with one attached hydrogen (secondary N) is 1. The smallest absolute Gasteiger partial charge is 0.181 e. The molecule has 2 aromatic rings. The van der Waals surface area contributed by atoms with Gasteiger partial charge < -0.3 is 5.32 Å². The Morgan fingerprint density at radius 1 is 1.53 bits per heavy atom. The van der Waals surface area contributed by atoms with E-state index < -0.39 is 0 Å². The summed E-state index contributed by atoms with van der Waals surface area (Å²) in [5.41, 5.74) is 2.58. The molecule has 1 fully saturated rings. The van der Waals surface area contributed by atoms with Crippen molar-refractivity contribution in [2.24, 2.45) is 0 Å². The summed E-state index contributed by atoms with van der Waals surface area (Å²) < 4.78 is 2.92. The van der Waals surface area contributed by atoms with E-state index in [-0.39, 0.29) is 0 Å². The van der Waals surface area contributed by atoms with Gasteiger partial charge in [-0.1, -0.05) is 0 Å². The summed E-state index contributed by atoms with van der Waals surface area (Å²) in [5, 5.41) is 3.39. The number of imidazole rings is 1. The highest BCUT2D eigenvalue weighted by atomic mass is 79.9. The minimum absolute atomic E-state index is 0.670. The van der Waals surface area contributed by atoms with Crippen LogP contribution in [0.3, 0.4) is 0 Å². The van der Waals surface area contributed by atoms with Crippen molar-refractivity contribution in [3.8, 4) is 0 Å². The van der Waals surface area contributed by atoms with E-state index in [2.05, 4.69) is 44.6 Å². The maximum atomic E-state index is 4.23. The Bertz CT molecular complexity index is 486. The lowest BCUT2D eigenvalue weighted by Crippen LogP contribution is -2.08. The van der Waals surface area contributed by atoms with Crippen molar-refractivity contribution in [3.63, 3.8) is 0 Å². The third-order valence-electron chi connectivity index (χ3n) is 3.04. The Hall–Kier alpha value is -0.870. The van der Waals surface area contributed by atoms with Crippen LogP contribution in [0.25, 0.3) is 5.52 Å². The van der Waals surface area contributed by atoms with Crippen molar-refractivity contribution in [1.29, 1.82) is 0 Å². The molecule has 3 nitrogen and oxygen atoms in total. The molecule has 15 heavy (non-hydrogen) atoms. The topological polar surface area (TPSA) is 29.3 Å². The number of hydrogen-bond acceptors (Lipinski definition) is 2. The zero-order chi connectivity index (χ0) is 10.3. The molecule has 0 radical (unpaired) electrons. The van der Waals surface area contributed by atoms with Gasteiger partial charge in [-0.05, 0) is 52.5 Å². The highest BCUT2D eigenvalue weighted by Crippen LogP contribution is 2.24. The first-order valence-corrected chi connectivity index (χ1v) is 5.97. The fraction of sp³-hybridized carbons (Fsp3) is 0.364. The second kappa shape index (κ2) is 3.61. The van der Waals surface area contributed by atoms with Gasteiger partial charge in [-0.3, -0.25) is 4.40 Å². The molecule has 4 heteroatoms. The number of fused-ring (bicyclic) bond motifs is 1. The molecule has 0 saturated carbocycles. The lowest BCUT2D eigenvalue weighted by molar-refractivity contribution is 0.762. The van der Waals surface area contributed by atoms with E-state index in [4.69, 9.17) is 0 Å². The van der Waals surface area contributed by atoms with Gasteiger partial charge in [0.2, 0.25) is 0 Å². The van der Waals surface area contributed by atoms with Gasteiger partial charge in [0.25, 0.3) is 0 Å². The van der Waals surface area contributed by atoms with Crippen LogP contribution in [0.4, 0.5) is 0 Å². The molecule has 0 aliphatic carbocycles. The first-order chi connectivity index (χ1) is 7.34. The predicted octanol–water partition coefficient (Wildman–Crippen LogP) is 2.17. The van der Waals surface area contributed by atoms with Gasteiger partial charge in [-0.25, -0.2) is 4.98 Å². The molecule has 1 aliphatic rings. The molecular weight excluding hydrogens is 254 g/mol. The van der Waals surface area contributed by atoms with Crippen molar-refractivity contribution in [2.45, 2.75) is 12.3 Å². The van der Waals surface area contributed by atoms with Gasteiger partial charge in [0.05, 0.1) is 11.7 Å². The highest BCUT2D eigenvalue weighted by Gasteiger charge is 2.16. The molecule has 1 saturated heterocycles. The lowest BCUT2D eigenvalue weighted by atomic mass is 9.99. The SMILES string of the molecule is Brc1ncc2cc(C3CCNC3)ccn12. The van der Waals surface area contributed by atoms with Crippen molar-refractivity contribution in [3.05, 3.63) is 34.8 Å². The zero-order valence-electron chi connectivity index (χ0n) is 8.28. The normalized spacial score (nSPS) is 21.3. The first kappa shape index (κ1) is 9.36. The van der Waals surface area contributed by atoms with Crippen LogP contribution in [0.5, 0.6) is 0 Å². The molecule has 3 rings (SSSR count). The van der Waals surface area contributed by atoms with E-state index in [1.807, 2.05) is 10.6 Å².